The fourth-order valence-corrected chi connectivity index (χ4v) is 1.46. The van der Waals surface area contributed by atoms with Gasteiger partial charge in [0.2, 0.25) is 0 Å². The van der Waals surface area contributed by atoms with Crippen LogP contribution in [0.2, 0.25) is 0 Å². The molecule has 3 nitrogen and oxygen atoms in total. The van der Waals surface area contributed by atoms with Crippen LogP contribution in [0.3, 0.4) is 0 Å². The van der Waals surface area contributed by atoms with Gasteiger partial charge in [0.25, 0.3) is 5.91 Å². The minimum Gasteiger partial charge on any atom is -0.394 e. The maximum Gasteiger partial charge on any atom is 0.251 e. The summed E-state index contributed by atoms with van der Waals surface area (Å²) in [5, 5.41) is 12.0. The Hall–Kier alpha value is -1.35. The lowest BCUT2D eigenvalue weighted by Crippen LogP contribution is -2.41. The molecule has 3 heteroatoms. The van der Waals surface area contributed by atoms with Crippen LogP contribution in [0.4, 0.5) is 0 Å². The van der Waals surface area contributed by atoms with E-state index in [9.17, 15) is 4.79 Å². The fraction of sp³-hybridized carbons (Fsp3) is 0.462. The molecule has 88 valence electrons. The van der Waals surface area contributed by atoms with Crippen LogP contribution in [-0.2, 0) is 0 Å². The second-order valence-corrected chi connectivity index (χ2v) is 4.38. The summed E-state index contributed by atoms with van der Waals surface area (Å²) >= 11 is 0. The van der Waals surface area contributed by atoms with Crippen molar-refractivity contribution in [3.8, 4) is 0 Å². The molecule has 0 bridgehead atoms. The molecule has 0 heterocycles. The number of aliphatic hydroxyl groups is 1. The molecule has 0 fully saturated rings. The van der Waals surface area contributed by atoms with E-state index in [0.29, 0.717) is 5.56 Å². The van der Waals surface area contributed by atoms with Crippen molar-refractivity contribution in [2.75, 3.05) is 6.61 Å². The molecule has 1 amide bonds. The maximum absolute atomic E-state index is 11.8. The Balaban J connectivity index is 2.72. The molecule has 1 rings (SSSR count). The van der Waals surface area contributed by atoms with Gasteiger partial charge in [-0.05, 0) is 25.0 Å². The first kappa shape index (κ1) is 12.7. The fourth-order valence-electron chi connectivity index (χ4n) is 1.46. The summed E-state index contributed by atoms with van der Waals surface area (Å²) < 4.78 is 0. The molecule has 0 aliphatic carbocycles. The molecule has 0 aromatic heterocycles. The molecular weight excluding hydrogens is 202 g/mol. The first-order valence-corrected chi connectivity index (χ1v) is 5.53. The third-order valence-corrected chi connectivity index (χ3v) is 2.60. The summed E-state index contributed by atoms with van der Waals surface area (Å²) in [5.41, 5.74) is 1.69. The van der Waals surface area contributed by atoms with Crippen LogP contribution >= 0.6 is 0 Å². The monoisotopic (exact) mass is 221 g/mol. The zero-order chi connectivity index (χ0) is 12.1. The van der Waals surface area contributed by atoms with Crippen molar-refractivity contribution < 1.29 is 9.90 Å². The number of nitrogens with one attached hydrogen (secondary N) is 1. The molecule has 1 atom stereocenters. The van der Waals surface area contributed by atoms with Gasteiger partial charge >= 0.3 is 0 Å². The zero-order valence-electron chi connectivity index (χ0n) is 10.0. The SMILES string of the molecule is Cc1cccc(C(=O)NC(CO)C(C)C)c1. The normalized spacial score (nSPS) is 12.6. The van der Waals surface area contributed by atoms with E-state index in [1.54, 1.807) is 6.07 Å². The minimum atomic E-state index is -0.187. The molecule has 0 aliphatic rings. The van der Waals surface area contributed by atoms with Gasteiger partial charge in [0.05, 0.1) is 12.6 Å². The summed E-state index contributed by atoms with van der Waals surface area (Å²) in [6, 6.07) is 7.23. The molecular formula is C13H19NO2. The van der Waals surface area contributed by atoms with Crippen molar-refractivity contribution in [3.05, 3.63) is 35.4 Å². The standard InChI is InChI=1S/C13H19NO2/c1-9(2)12(8-15)14-13(16)11-6-4-5-10(3)7-11/h4-7,9,12,15H,8H2,1-3H3,(H,14,16). The van der Waals surface area contributed by atoms with Crippen LogP contribution in [-0.4, -0.2) is 23.7 Å². The van der Waals surface area contributed by atoms with E-state index in [2.05, 4.69) is 5.32 Å². The third kappa shape index (κ3) is 3.35. The summed E-state index contributed by atoms with van der Waals surface area (Å²) in [4.78, 5) is 11.8. The summed E-state index contributed by atoms with van der Waals surface area (Å²) in [7, 11) is 0. The number of hydrogen-bond acceptors (Lipinski definition) is 2. The number of aliphatic hydroxyl groups excluding tert-OH is 1. The predicted molar refractivity (Wildman–Crippen MR) is 64.4 cm³/mol. The van der Waals surface area contributed by atoms with E-state index >= 15 is 0 Å². The molecule has 0 aliphatic heterocycles. The van der Waals surface area contributed by atoms with E-state index < -0.39 is 0 Å². The lowest BCUT2D eigenvalue weighted by Gasteiger charge is -2.19. The van der Waals surface area contributed by atoms with Crippen molar-refractivity contribution in [3.63, 3.8) is 0 Å². The van der Waals surface area contributed by atoms with Gasteiger partial charge < -0.3 is 10.4 Å². The van der Waals surface area contributed by atoms with Gasteiger partial charge in [0, 0.05) is 5.56 Å². The number of amides is 1. The van der Waals surface area contributed by atoms with Crippen molar-refractivity contribution in [1.29, 1.82) is 0 Å². The van der Waals surface area contributed by atoms with Gasteiger partial charge in [0.1, 0.15) is 0 Å². The van der Waals surface area contributed by atoms with Gasteiger partial charge in [-0.25, -0.2) is 0 Å². The Morgan fingerprint density at radius 2 is 2.12 bits per heavy atom. The number of carbonyl (C=O) groups excluding carboxylic acids is 1. The van der Waals surface area contributed by atoms with Crippen LogP contribution in [0, 0.1) is 12.8 Å². The van der Waals surface area contributed by atoms with Gasteiger partial charge in [-0.1, -0.05) is 31.5 Å². The molecule has 1 unspecified atom stereocenters. The average Bonchev–Trinajstić information content (AvgIpc) is 2.25. The summed E-state index contributed by atoms with van der Waals surface area (Å²) in [6.45, 7) is 5.85. The summed E-state index contributed by atoms with van der Waals surface area (Å²) in [5.74, 6) is 0.0928. The minimum absolute atomic E-state index is 0.0325. The van der Waals surface area contributed by atoms with Crippen LogP contribution in [0.1, 0.15) is 29.8 Å². The quantitative estimate of drug-likeness (QED) is 0.813. The first-order chi connectivity index (χ1) is 7.54. The topological polar surface area (TPSA) is 49.3 Å². The Morgan fingerprint density at radius 1 is 1.44 bits per heavy atom. The van der Waals surface area contributed by atoms with Crippen molar-refractivity contribution in [1.82, 2.24) is 5.32 Å². The van der Waals surface area contributed by atoms with Crippen LogP contribution in [0.25, 0.3) is 0 Å². The molecule has 16 heavy (non-hydrogen) atoms. The van der Waals surface area contributed by atoms with Gasteiger partial charge in [0.15, 0.2) is 0 Å². The maximum atomic E-state index is 11.8. The number of rotatable bonds is 4. The highest BCUT2D eigenvalue weighted by atomic mass is 16.3. The number of benzene rings is 1. The Morgan fingerprint density at radius 3 is 2.62 bits per heavy atom. The van der Waals surface area contributed by atoms with Crippen LogP contribution in [0.5, 0.6) is 0 Å². The predicted octanol–water partition coefficient (Wildman–Crippen LogP) is 1.74. The molecule has 1 aromatic rings. The molecule has 2 N–H and O–H groups in total. The molecule has 0 spiro atoms. The van der Waals surface area contributed by atoms with E-state index in [1.807, 2.05) is 39.0 Å². The van der Waals surface area contributed by atoms with Crippen molar-refractivity contribution in [2.45, 2.75) is 26.8 Å². The van der Waals surface area contributed by atoms with Gasteiger partial charge in [-0.2, -0.15) is 0 Å². The van der Waals surface area contributed by atoms with E-state index in [0.717, 1.165) is 5.56 Å². The van der Waals surface area contributed by atoms with Gasteiger partial charge in [-0.3, -0.25) is 4.79 Å². The van der Waals surface area contributed by atoms with E-state index in [4.69, 9.17) is 5.11 Å². The highest BCUT2D eigenvalue weighted by Gasteiger charge is 2.15. The Bertz CT molecular complexity index is 361. The average molecular weight is 221 g/mol. The molecule has 1 aromatic carbocycles. The highest BCUT2D eigenvalue weighted by molar-refractivity contribution is 5.94. The zero-order valence-corrected chi connectivity index (χ0v) is 10.0. The highest BCUT2D eigenvalue weighted by Crippen LogP contribution is 2.06. The lowest BCUT2D eigenvalue weighted by molar-refractivity contribution is 0.0897. The van der Waals surface area contributed by atoms with Crippen LogP contribution < -0.4 is 5.32 Å². The van der Waals surface area contributed by atoms with Gasteiger partial charge in [-0.15, -0.1) is 0 Å². The van der Waals surface area contributed by atoms with Crippen molar-refractivity contribution >= 4 is 5.91 Å². The second kappa shape index (κ2) is 5.66. The number of aryl methyl sites for hydroxylation is 1. The molecule has 0 radical (unpaired) electrons. The van der Waals surface area contributed by atoms with Crippen molar-refractivity contribution in [2.24, 2.45) is 5.92 Å². The number of carbonyl (C=O) groups is 1. The Kier molecular flexibility index (Phi) is 4.50. The first-order valence-electron chi connectivity index (χ1n) is 5.53. The number of hydrogen-bond donors (Lipinski definition) is 2. The Labute approximate surface area is 96.5 Å². The largest absolute Gasteiger partial charge is 0.394 e. The molecule has 0 saturated heterocycles. The van der Waals surface area contributed by atoms with Crippen LogP contribution in [0.15, 0.2) is 24.3 Å². The molecule has 0 saturated carbocycles. The smallest absolute Gasteiger partial charge is 0.251 e. The third-order valence-electron chi connectivity index (χ3n) is 2.60. The lowest BCUT2D eigenvalue weighted by atomic mass is 10.0. The second-order valence-electron chi connectivity index (χ2n) is 4.38. The van der Waals surface area contributed by atoms with E-state index in [-0.39, 0.29) is 24.5 Å². The summed E-state index contributed by atoms with van der Waals surface area (Å²) in [6.07, 6.45) is 0. The van der Waals surface area contributed by atoms with E-state index in [1.165, 1.54) is 0 Å².